The lowest BCUT2D eigenvalue weighted by atomic mass is 9.91. The van der Waals surface area contributed by atoms with Crippen molar-refractivity contribution in [3.63, 3.8) is 0 Å². The lowest BCUT2D eigenvalue weighted by molar-refractivity contribution is 0.0502. The summed E-state index contributed by atoms with van der Waals surface area (Å²) in [6.45, 7) is 5.63. The Bertz CT molecular complexity index is 810. The van der Waals surface area contributed by atoms with Gasteiger partial charge in [0.2, 0.25) is 0 Å². The van der Waals surface area contributed by atoms with E-state index in [0.717, 1.165) is 24.9 Å². The molecule has 1 atom stereocenters. The molecule has 1 N–H and O–H groups in total. The molecule has 0 radical (unpaired) electrons. The summed E-state index contributed by atoms with van der Waals surface area (Å²) in [5, 5.41) is 4.15. The van der Waals surface area contributed by atoms with Crippen molar-refractivity contribution >= 4 is 53.0 Å². The van der Waals surface area contributed by atoms with Crippen molar-refractivity contribution < 1.29 is 9.53 Å². The van der Waals surface area contributed by atoms with Crippen LogP contribution in [0.1, 0.15) is 45.6 Å². The largest absolute Gasteiger partial charge is 0.444 e. The lowest BCUT2D eigenvalue weighted by Gasteiger charge is -2.25. The third-order valence-corrected chi connectivity index (χ3v) is 5.78. The number of aromatic nitrogens is 2. The number of allylic oxidation sites excluding steroid dienone is 1. The summed E-state index contributed by atoms with van der Waals surface area (Å²) in [6.07, 6.45) is 8.54. The first-order valence-electron chi connectivity index (χ1n) is 8.31. The van der Waals surface area contributed by atoms with Gasteiger partial charge in [-0.05, 0) is 57.7 Å². The molecule has 25 heavy (non-hydrogen) atoms. The van der Waals surface area contributed by atoms with E-state index in [4.69, 9.17) is 4.74 Å². The van der Waals surface area contributed by atoms with Crippen molar-refractivity contribution in [2.45, 2.75) is 51.7 Å². The van der Waals surface area contributed by atoms with Gasteiger partial charge in [0.05, 0.1) is 0 Å². The van der Waals surface area contributed by atoms with Crippen LogP contribution >= 0.6 is 30.3 Å². The van der Waals surface area contributed by atoms with Gasteiger partial charge in [0.1, 0.15) is 5.60 Å². The van der Waals surface area contributed by atoms with Gasteiger partial charge in [0.25, 0.3) is 0 Å². The number of hydrogen-bond donors (Lipinski definition) is 1. The van der Waals surface area contributed by atoms with Crippen molar-refractivity contribution in [2.24, 2.45) is 0 Å². The molecular weight excluding hydrogens is 449 g/mol. The maximum atomic E-state index is 11.9. The average molecular weight is 471 g/mol. The quantitative estimate of drug-likeness (QED) is 0.614. The lowest BCUT2D eigenvalue weighted by Crippen LogP contribution is -2.39. The summed E-state index contributed by atoms with van der Waals surface area (Å²) in [6, 6.07) is 4.22. The molecule has 1 aliphatic carbocycles. The summed E-state index contributed by atoms with van der Waals surface area (Å²) in [7, 11) is 1.62. The molecule has 0 bridgehead atoms. The van der Waals surface area contributed by atoms with Crippen LogP contribution in [0.15, 0.2) is 30.6 Å². The van der Waals surface area contributed by atoms with Gasteiger partial charge in [0, 0.05) is 59.7 Å². The van der Waals surface area contributed by atoms with Crippen LogP contribution in [0.25, 0.3) is 16.6 Å². The van der Waals surface area contributed by atoms with E-state index in [1.807, 2.05) is 33.0 Å². The molecule has 134 valence electrons. The minimum atomic E-state index is -0.467. The van der Waals surface area contributed by atoms with Gasteiger partial charge < -0.3 is 10.1 Å². The van der Waals surface area contributed by atoms with E-state index in [2.05, 4.69) is 53.8 Å². The fourth-order valence-corrected chi connectivity index (χ4v) is 4.28. The van der Waals surface area contributed by atoms with Gasteiger partial charge >= 0.3 is 6.09 Å². The molecule has 0 aromatic carbocycles. The van der Waals surface area contributed by atoms with Crippen molar-refractivity contribution in [3.05, 3.63) is 36.2 Å². The smallest absolute Gasteiger partial charge is 0.407 e. The third-order valence-electron chi connectivity index (χ3n) is 4.08. The van der Waals surface area contributed by atoms with E-state index in [1.54, 1.807) is 9.12 Å². The number of nitrogens with zero attached hydrogens (tertiary/aromatic N) is 2. The third kappa shape index (κ3) is 4.49. The molecule has 7 heteroatoms. The number of carbonyl (C=O) groups excluding carboxylic acids is 1. The minimum Gasteiger partial charge on any atom is -0.444 e. The van der Waals surface area contributed by atoms with Gasteiger partial charge in [-0.1, -0.05) is 6.08 Å². The number of carbonyl (C=O) groups is 1. The van der Waals surface area contributed by atoms with E-state index >= 15 is 0 Å². The SMILES string of the molecule is CC(C)(C)OC(=O)NC1CC=C(c2cn(SI)c3ncccc23)CC1. The van der Waals surface area contributed by atoms with E-state index in [0.29, 0.717) is 0 Å². The summed E-state index contributed by atoms with van der Waals surface area (Å²) in [4.78, 5) is 16.4. The summed E-state index contributed by atoms with van der Waals surface area (Å²) in [5.74, 6) is 0. The number of alkyl carbamates (subject to hydrolysis) is 1. The summed E-state index contributed by atoms with van der Waals surface area (Å²) < 4.78 is 7.44. The Morgan fingerprint density at radius 2 is 2.28 bits per heavy atom. The predicted molar refractivity (Wildman–Crippen MR) is 112 cm³/mol. The van der Waals surface area contributed by atoms with Gasteiger partial charge in [0.15, 0.2) is 5.65 Å². The number of rotatable bonds is 3. The van der Waals surface area contributed by atoms with E-state index in [9.17, 15) is 4.79 Å². The van der Waals surface area contributed by atoms with Crippen LogP contribution < -0.4 is 5.32 Å². The molecule has 1 aliphatic rings. The molecular formula is C18H22IN3O2S. The first-order chi connectivity index (χ1) is 11.9. The maximum Gasteiger partial charge on any atom is 0.407 e. The average Bonchev–Trinajstić information content (AvgIpc) is 2.93. The number of pyridine rings is 1. The number of nitrogens with one attached hydrogen (secondary N) is 1. The number of fused-ring (bicyclic) bond motifs is 1. The monoisotopic (exact) mass is 471 g/mol. The fraction of sp³-hybridized carbons (Fsp3) is 0.444. The zero-order valence-corrected chi connectivity index (χ0v) is 17.6. The number of hydrogen-bond acceptors (Lipinski definition) is 4. The van der Waals surface area contributed by atoms with Crippen LogP contribution in [0.2, 0.25) is 0 Å². The Labute approximate surface area is 164 Å². The van der Waals surface area contributed by atoms with E-state index < -0.39 is 5.60 Å². The topological polar surface area (TPSA) is 56.1 Å². The van der Waals surface area contributed by atoms with Crippen LogP contribution in [0.3, 0.4) is 0 Å². The fourth-order valence-electron chi connectivity index (χ4n) is 3.02. The second kappa shape index (κ2) is 7.57. The molecule has 1 unspecified atom stereocenters. The predicted octanol–water partition coefficient (Wildman–Crippen LogP) is 5.34. The summed E-state index contributed by atoms with van der Waals surface area (Å²) in [5.41, 5.74) is 3.09. The maximum absolute atomic E-state index is 11.9. The van der Waals surface area contributed by atoms with E-state index in [-0.39, 0.29) is 12.1 Å². The number of ether oxygens (including phenoxy) is 1. The van der Waals surface area contributed by atoms with E-state index in [1.165, 1.54) is 16.5 Å². The first-order valence-corrected chi connectivity index (χ1v) is 11.6. The van der Waals surface area contributed by atoms with Gasteiger partial charge in [-0.2, -0.15) is 0 Å². The summed E-state index contributed by atoms with van der Waals surface area (Å²) >= 11 is 2.27. The Kier molecular flexibility index (Phi) is 5.62. The Balaban J connectivity index is 1.73. The van der Waals surface area contributed by atoms with Crippen molar-refractivity contribution in [1.82, 2.24) is 14.3 Å². The van der Waals surface area contributed by atoms with Crippen LogP contribution in [-0.2, 0) is 4.74 Å². The number of amides is 1. The van der Waals surface area contributed by atoms with Crippen molar-refractivity contribution in [1.29, 1.82) is 0 Å². The second-order valence-corrected chi connectivity index (χ2v) is 8.87. The highest BCUT2D eigenvalue weighted by molar-refractivity contribution is 14.2. The molecule has 0 saturated carbocycles. The van der Waals surface area contributed by atoms with Crippen LogP contribution in [-0.4, -0.2) is 26.7 Å². The zero-order valence-electron chi connectivity index (χ0n) is 14.6. The molecule has 2 aromatic rings. The molecule has 0 saturated heterocycles. The Morgan fingerprint density at radius 1 is 1.48 bits per heavy atom. The molecule has 2 aromatic heterocycles. The molecule has 0 fully saturated rings. The minimum absolute atomic E-state index is 0.129. The first kappa shape index (κ1) is 18.6. The molecule has 2 heterocycles. The van der Waals surface area contributed by atoms with Gasteiger partial charge in [-0.3, -0.25) is 3.97 Å². The van der Waals surface area contributed by atoms with Crippen LogP contribution in [0, 0.1) is 0 Å². The van der Waals surface area contributed by atoms with Crippen molar-refractivity contribution in [3.8, 4) is 0 Å². The van der Waals surface area contributed by atoms with Crippen molar-refractivity contribution in [2.75, 3.05) is 0 Å². The molecule has 0 spiro atoms. The molecule has 3 rings (SSSR count). The van der Waals surface area contributed by atoms with Crippen LogP contribution in [0.4, 0.5) is 4.79 Å². The molecule has 5 nitrogen and oxygen atoms in total. The molecule has 0 aliphatic heterocycles. The van der Waals surface area contributed by atoms with Gasteiger partial charge in [-0.15, -0.1) is 0 Å². The highest BCUT2D eigenvalue weighted by Gasteiger charge is 2.23. The standard InChI is InChI=1S/C18H22IN3O2S/c1-18(2,3)24-17(23)21-13-8-6-12(7-9-13)15-11-22(25-19)16-14(15)5-4-10-20-16/h4-6,10-11,13H,7-9H2,1-3H3,(H,21,23). The Hall–Kier alpha value is -1.22. The Morgan fingerprint density at radius 3 is 2.92 bits per heavy atom. The highest BCUT2D eigenvalue weighted by atomic mass is 127. The highest BCUT2D eigenvalue weighted by Crippen LogP contribution is 2.35. The second-order valence-electron chi connectivity index (χ2n) is 7.16. The number of halogens is 1. The van der Waals surface area contributed by atoms with Crippen LogP contribution in [0.5, 0.6) is 0 Å². The normalized spacial score (nSPS) is 18.1. The molecule has 1 amide bonds. The zero-order chi connectivity index (χ0) is 18.0. The van der Waals surface area contributed by atoms with Gasteiger partial charge in [-0.25, -0.2) is 9.78 Å².